The fourth-order valence-electron chi connectivity index (χ4n) is 6.17. The molecule has 4 nitrogen and oxygen atoms in total. The second-order valence-corrected chi connectivity index (χ2v) is 13.3. The number of furan rings is 1. The number of hydrogen-bond acceptors (Lipinski definition) is 4. The molecule has 0 atom stereocenters. The van der Waals surface area contributed by atoms with Gasteiger partial charge in [-0.15, -0.1) is 41.0 Å². The van der Waals surface area contributed by atoms with Crippen molar-refractivity contribution in [1.82, 2.24) is 15.0 Å². The summed E-state index contributed by atoms with van der Waals surface area (Å²) in [5.41, 5.74) is 13.9. The molecule has 0 spiro atoms. The topological polar surface area (TPSA) is 51.8 Å². The predicted octanol–water partition coefficient (Wildman–Crippen LogP) is 11.6. The molecule has 0 amide bonds. The van der Waals surface area contributed by atoms with Crippen molar-refractivity contribution < 1.29 is 24.5 Å². The fourth-order valence-corrected chi connectivity index (χ4v) is 6.17. The van der Waals surface area contributed by atoms with Crippen LogP contribution in [-0.4, -0.2) is 15.0 Å². The van der Waals surface area contributed by atoms with Crippen LogP contribution < -0.4 is 0 Å². The predicted molar refractivity (Wildman–Crippen MR) is 203 cm³/mol. The number of fused-ring (bicyclic) bond motifs is 4. The summed E-state index contributed by atoms with van der Waals surface area (Å²) >= 11 is 0. The van der Waals surface area contributed by atoms with E-state index in [9.17, 15) is 0 Å². The minimum absolute atomic E-state index is 0. The molecule has 8 aromatic rings. The maximum atomic E-state index is 5.83. The Morgan fingerprint density at radius 2 is 1.56 bits per heavy atom. The summed E-state index contributed by atoms with van der Waals surface area (Å²) in [5, 5.41) is 4.36. The maximum absolute atomic E-state index is 5.83. The summed E-state index contributed by atoms with van der Waals surface area (Å²) in [6, 6.07) is 38.5. The molecule has 0 saturated heterocycles. The van der Waals surface area contributed by atoms with Crippen LogP contribution >= 0.6 is 0 Å². The number of benzene rings is 4. The molecule has 0 bridgehead atoms. The van der Waals surface area contributed by atoms with Crippen molar-refractivity contribution in [2.45, 2.75) is 48.0 Å². The summed E-state index contributed by atoms with van der Waals surface area (Å²) < 4.78 is 5.83. The Kier molecular flexibility index (Phi) is 10.4. The average Bonchev–Trinajstić information content (AvgIpc) is 3.59. The third-order valence-corrected chi connectivity index (χ3v) is 9.16. The van der Waals surface area contributed by atoms with Crippen LogP contribution in [0.2, 0.25) is 0 Å². The molecule has 4 aromatic carbocycles. The van der Waals surface area contributed by atoms with E-state index in [2.05, 4.69) is 131 Å². The zero-order valence-electron chi connectivity index (χ0n) is 29.3. The van der Waals surface area contributed by atoms with E-state index in [1.807, 2.05) is 30.6 Å². The standard InChI is InChI=1S/C30H23N2O.C15H16N.Ir/c1-19(2)16-24-11-12-26-27(18-23-13-15-33-30(23)29(26)32-24)28-25(8-5-14-31-28)22-10-9-20-6-3-4-7-21(20)17-22;1-10-5-6-14(7-11(10)2)15-8-12(3)13(4)9-16-15;/h3-15,17,19H,16H2,1-2H3;5,7-9H,1-4H3;/q2*-1;. The van der Waals surface area contributed by atoms with Gasteiger partial charge in [0, 0.05) is 55.7 Å². The second kappa shape index (κ2) is 14.9. The molecule has 4 aromatic heterocycles. The smallest absolute Gasteiger partial charge is 0.0847 e. The largest absolute Gasteiger partial charge is 0.506 e. The summed E-state index contributed by atoms with van der Waals surface area (Å²) in [6.07, 6.45) is 6.41. The number of hydrogen-bond donors (Lipinski definition) is 0. The molecule has 251 valence electrons. The van der Waals surface area contributed by atoms with Crippen LogP contribution in [0.15, 0.2) is 114 Å². The Morgan fingerprint density at radius 3 is 2.34 bits per heavy atom. The number of rotatable bonds is 5. The molecule has 4 heterocycles. The van der Waals surface area contributed by atoms with E-state index in [0.29, 0.717) is 5.92 Å². The first kappa shape index (κ1) is 34.9. The van der Waals surface area contributed by atoms with Crippen LogP contribution in [0.5, 0.6) is 0 Å². The van der Waals surface area contributed by atoms with Gasteiger partial charge >= 0.3 is 0 Å². The van der Waals surface area contributed by atoms with Crippen molar-refractivity contribution in [3.05, 3.63) is 150 Å². The molecule has 0 aliphatic heterocycles. The normalized spacial score (nSPS) is 11.1. The molecule has 5 heteroatoms. The van der Waals surface area contributed by atoms with Gasteiger partial charge in [-0.05, 0) is 77.5 Å². The van der Waals surface area contributed by atoms with Crippen molar-refractivity contribution in [2.75, 3.05) is 0 Å². The van der Waals surface area contributed by atoms with Gasteiger partial charge in [-0.25, -0.2) is 0 Å². The fraction of sp³-hybridized carbons (Fsp3) is 0.178. The van der Waals surface area contributed by atoms with Gasteiger partial charge in [0.25, 0.3) is 0 Å². The maximum Gasteiger partial charge on any atom is 0.0847 e. The average molecular weight is 830 g/mol. The van der Waals surface area contributed by atoms with Crippen molar-refractivity contribution >= 4 is 32.6 Å². The molecular weight excluding hydrogens is 791 g/mol. The number of pyridine rings is 3. The van der Waals surface area contributed by atoms with Crippen LogP contribution in [0, 0.1) is 45.7 Å². The molecular formula is C45H39IrN3O-2. The van der Waals surface area contributed by atoms with Crippen molar-refractivity contribution in [3.8, 4) is 33.6 Å². The number of aryl methyl sites for hydroxylation is 4. The van der Waals surface area contributed by atoms with Gasteiger partial charge in [0.05, 0.1) is 5.58 Å². The Morgan fingerprint density at radius 1 is 0.760 bits per heavy atom. The van der Waals surface area contributed by atoms with E-state index in [1.165, 1.54) is 33.0 Å². The van der Waals surface area contributed by atoms with Gasteiger partial charge in [-0.1, -0.05) is 110 Å². The molecule has 0 N–H and O–H groups in total. The Bertz CT molecular complexity index is 2410. The van der Waals surface area contributed by atoms with Gasteiger partial charge in [0.15, 0.2) is 0 Å². The van der Waals surface area contributed by atoms with E-state index in [1.54, 1.807) is 6.26 Å². The summed E-state index contributed by atoms with van der Waals surface area (Å²) in [7, 11) is 0. The first-order valence-electron chi connectivity index (χ1n) is 16.8. The zero-order valence-corrected chi connectivity index (χ0v) is 31.7. The van der Waals surface area contributed by atoms with Gasteiger partial charge in [-0.3, -0.25) is 9.97 Å². The zero-order chi connectivity index (χ0) is 34.1. The van der Waals surface area contributed by atoms with Crippen LogP contribution in [0.25, 0.3) is 66.3 Å². The molecule has 0 aliphatic rings. The van der Waals surface area contributed by atoms with Crippen molar-refractivity contribution in [1.29, 1.82) is 0 Å². The number of aromatic nitrogens is 3. The summed E-state index contributed by atoms with van der Waals surface area (Å²) in [4.78, 5) is 14.3. The Labute approximate surface area is 308 Å². The van der Waals surface area contributed by atoms with E-state index >= 15 is 0 Å². The summed E-state index contributed by atoms with van der Waals surface area (Å²) in [6.45, 7) is 12.8. The van der Waals surface area contributed by atoms with Gasteiger partial charge in [-0.2, -0.15) is 0 Å². The second-order valence-electron chi connectivity index (χ2n) is 13.3. The van der Waals surface area contributed by atoms with Crippen LogP contribution in [0.3, 0.4) is 0 Å². The minimum atomic E-state index is 0. The van der Waals surface area contributed by atoms with E-state index < -0.39 is 0 Å². The SMILES string of the molecule is CC(C)Cc1ccc2c(-c3ncccc3-c3ccc4ccccc4c3)[c-]c3ccoc3c2n1.Cc1c[c-]c(-c2cc(C)c(C)cn2)cc1C.[Ir]. The van der Waals surface area contributed by atoms with E-state index in [4.69, 9.17) is 14.4 Å². The monoisotopic (exact) mass is 830 g/mol. The quantitative estimate of drug-likeness (QED) is 0.162. The molecule has 8 rings (SSSR count). The van der Waals surface area contributed by atoms with Crippen molar-refractivity contribution in [3.63, 3.8) is 0 Å². The summed E-state index contributed by atoms with van der Waals surface area (Å²) in [5.74, 6) is 0.534. The van der Waals surface area contributed by atoms with Crippen LogP contribution in [-0.2, 0) is 26.5 Å². The molecule has 0 aliphatic carbocycles. The van der Waals surface area contributed by atoms with Gasteiger partial charge in [0.2, 0.25) is 0 Å². The molecule has 50 heavy (non-hydrogen) atoms. The third-order valence-electron chi connectivity index (χ3n) is 9.16. The van der Waals surface area contributed by atoms with E-state index in [0.717, 1.165) is 67.6 Å². The molecule has 0 fully saturated rings. The molecule has 0 unspecified atom stereocenters. The first-order valence-corrected chi connectivity index (χ1v) is 16.8. The third kappa shape index (κ3) is 7.16. The van der Waals surface area contributed by atoms with E-state index in [-0.39, 0.29) is 20.1 Å². The Hall–Kier alpha value is -4.96. The van der Waals surface area contributed by atoms with Crippen molar-refractivity contribution in [2.24, 2.45) is 5.92 Å². The van der Waals surface area contributed by atoms with Crippen LogP contribution in [0.4, 0.5) is 0 Å². The number of nitrogens with zero attached hydrogens (tertiary/aromatic N) is 3. The molecule has 0 saturated carbocycles. The molecule has 1 radical (unpaired) electrons. The van der Waals surface area contributed by atoms with Gasteiger partial charge in [0.1, 0.15) is 0 Å². The minimum Gasteiger partial charge on any atom is -0.506 e. The van der Waals surface area contributed by atoms with Gasteiger partial charge < -0.3 is 9.40 Å². The Balaban J connectivity index is 0.000000215. The van der Waals surface area contributed by atoms with Crippen LogP contribution in [0.1, 0.15) is 41.8 Å². The first-order chi connectivity index (χ1) is 23.7.